The van der Waals surface area contributed by atoms with E-state index < -0.39 is 5.97 Å². The zero-order chi connectivity index (χ0) is 13.7. The highest BCUT2D eigenvalue weighted by Gasteiger charge is 2.32. The summed E-state index contributed by atoms with van der Waals surface area (Å²) >= 11 is 0. The highest BCUT2D eigenvalue weighted by atomic mass is 27.0. The first-order chi connectivity index (χ1) is 8.74. The number of unbranched alkanes of at least 4 members (excludes halogenated alkanes) is 3. The van der Waals surface area contributed by atoms with Crippen LogP contribution in [0.2, 0.25) is 0 Å². The topological polar surface area (TPSA) is 47.9 Å². The molecule has 0 aromatic heterocycles. The maximum Gasteiger partial charge on any atom is 0.307 e. The molecule has 0 rings (SSSR count). The molecule has 0 saturated heterocycles. The van der Waals surface area contributed by atoms with Gasteiger partial charge in [-0.3, -0.25) is 0 Å². The fraction of sp³-hybridized carbons (Fsp3) is 1.00. The lowest BCUT2D eigenvalue weighted by atomic mass is 10.3. The lowest BCUT2D eigenvalue weighted by Crippen LogP contribution is -2.44. The average molecular weight is 292 g/mol. The molecule has 19 heavy (non-hydrogen) atoms. The summed E-state index contributed by atoms with van der Waals surface area (Å²) in [5.74, 6) is -1.25. The average Bonchev–Trinajstić information content (AvgIpc) is 2.39. The smallest absolute Gasteiger partial charge is 0.307 e. The Hall–Kier alpha value is 0.372. The fourth-order valence-corrected chi connectivity index (χ4v) is 1.38. The largest absolute Gasteiger partial charge is 0.388 e. The minimum Gasteiger partial charge on any atom is -0.388 e. The normalized spacial score (nSPS) is 11.4. The Labute approximate surface area is 128 Å². The molecule has 0 aliphatic carbocycles. The van der Waals surface area contributed by atoms with E-state index in [1.807, 2.05) is 0 Å². The first-order valence-corrected chi connectivity index (χ1v) is 7.27. The first kappa shape index (κ1) is 21.7. The Morgan fingerprint density at radius 1 is 0.737 bits per heavy atom. The standard InChI is InChI=1S/C14H30O4.Al.3H/c1-4-7-10-16-14(13-15,17-11-8-5-2)18-12-9-6-3;;;;/h15H,4-13H2,1-3H3;;;;. The molecule has 0 aliphatic rings. The van der Waals surface area contributed by atoms with Crippen molar-refractivity contribution >= 4 is 17.4 Å². The molecular formula is C14H33AlO4. The van der Waals surface area contributed by atoms with Crippen molar-refractivity contribution in [3.63, 3.8) is 0 Å². The molecule has 1 N–H and O–H groups in total. The van der Waals surface area contributed by atoms with Crippen molar-refractivity contribution in [3.8, 4) is 0 Å². The van der Waals surface area contributed by atoms with Crippen LogP contribution in [-0.2, 0) is 14.2 Å². The summed E-state index contributed by atoms with van der Waals surface area (Å²) in [5, 5.41) is 9.50. The van der Waals surface area contributed by atoms with E-state index in [1.54, 1.807) is 0 Å². The zero-order valence-electron chi connectivity index (χ0n) is 12.2. The molecule has 0 unspecified atom stereocenters. The van der Waals surface area contributed by atoms with E-state index in [4.69, 9.17) is 14.2 Å². The third-order valence-electron chi connectivity index (χ3n) is 2.65. The maximum absolute atomic E-state index is 9.50. The second-order valence-corrected chi connectivity index (χ2v) is 4.45. The molecule has 0 amide bonds. The summed E-state index contributed by atoms with van der Waals surface area (Å²) in [5.41, 5.74) is 0. The molecule has 0 atom stereocenters. The quantitative estimate of drug-likeness (QED) is 0.320. The molecule has 0 aliphatic heterocycles. The predicted octanol–water partition coefficient (Wildman–Crippen LogP) is 1.90. The van der Waals surface area contributed by atoms with E-state index in [1.165, 1.54) is 0 Å². The van der Waals surface area contributed by atoms with Gasteiger partial charge in [0.2, 0.25) is 0 Å². The molecule has 0 fully saturated rings. The van der Waals surface area contributed by atoms with Crippen LogP contribution in [0.15, 0.2) is 0 Å². The molecule has 4 nitrogen and oxygen atoms in total. The summed E-state index contributed by atoms with van der Waals surface area (Å²) in [6.45, 7) is 7.68. The molecule has 0 aromatic rings. The molecule has 0 aromatic carbocycles. The van der Waals surface area contributed by atoms with Crippen LogP contribution < -0.4 is 0 Å². The zero-order valence-corrected chi connectivity index (χ0v) is 12.2. The lowest BCUT2D eigenvalue weighted by molar-refractivity contribution is -0.391. The van der Waals surface area contributed by atoms with Crippen molar-refractivity contribution in [2.24, 2.45) is 0 Å². The SMILES string of the molecule is CCCCOC(CO)(OCCCC)OCCCC.[AlH3]. The van der Waals surface area contributed by atoms with Gasteiger partial charge in [0, 0.05) is 0 Å². The van der Waals surface area contributed by atoms with Crippen molar-refractivity contribution in [2.75, 3.05) is 26.4 Å². The summed E-state index contributed by atoms with van der Waals surface area (Å²) in [6.07, 6.45) is 5.96. The van der Waals surface area contributed by atoms with Crippen molar-refractivity contribution in [3.05, 3.63) is 0 Å². The van der Waals surface area contributed by atoms with Gasteiger partial charge in [0.25, 0.3) is 0 Å². The number of hydrogen-bond acceptors (Lipinski definition) is 4. The van der Waals surface area contributed by atoms with Crippen LogP contribution in [0.5, 0.6) is 0 Å². The molecular weight excluding hydrogens is 259 g/mol. The third kappa shape index (κ3) is 10.8. The second kappa shape index (κ2) is 14.8. The van der Waals surface area contributed by atoms with Crippen molar-refractivity contribution in [2.45, 2.75) is 65.3 Å². The van der Waals surface area contributed by atoms with Crippen molar-refractivity contribution in [1.29, 1.82) is 0 Å². The summed E-state index contributed by atoms with van der Waals surface area (Å²) in [7, 11) is 0. The predicted molar refractivity (Wildman–Crippen MR) is 82.3 cm³/mol. The van der Waals surface area contributed by atoms with Gasteiger partial charge in [0.1, 0.15) is 6.61 Å². The van der Waals surface area contributed by atoms with E-state index in [0.29, 0.717) is 19.8 Å². The maximum atomic E-state index is 9.50. The Bertz CT molecular complexity index is 152. The van der Waals surface area contributed by atoms with Crippen LogP contribution in [0, 0.1) is 0 Å². The van der Waals surface area contributed by atoms with Crippen LogP contribution in [0.3, 0.4) is 0 Å². The van der Waals surface area contributed by atoms with Gasteiger partial charge in [-0.15, -0.1) is 0 Å². The fourth-order valence-electron chi connectivity index (χ4n) is 1.38. The van der Waals surface area contributed by atoms with Crippen LogP contribution >= 0.6 is 0 Å². The van der Waals surface area contributed by atoms with Gasteiger partial charge < -0.3 is 19.3 Å². The van der Waals surface area contributed by atoms with Crippen LogP contribution in [0.4, 0.5) is 0 Å². The lowest BCUT2D eigenvalue weighted by Gasteiger charge is -2.31. The van der Waals surface area contributed by atoms with E-state index in [0.717, 1.165) is 38.5 Å². The number of ether oxygens (including phenoxy) is 3. The Balaban J connectivity index is 0. The molecule has 0 spiro atoms. The van der Waals surface area contributed by atoms with E-state index in [2.05, 4.69) is 20.8 Å². The van der Waals surface area contributed by atoms with Gasteiger partial charge in [-0.25, -0.2) is 0 Å². The van der Waals surface area contributed by atoms with Gasteiger partial charge >= 0.3 is 5.97 Å². The van der Waals surface area contributed by atoms with E-state index in [9.17, 15) is 5.11 Å². The minimum absolute atomic E-state index is 0. The van der Waals surface area contributed by atoms with Gasteiger partial charge in [-0.05, 0) is 19.3 Å². The summed E-state index contributed by atoms with van der Waals surface area (Å²) in [4.78, 5) is 0. The Morgan fingerprint density at radius 2 is 1.05 bits per heavy atom. The van der Waals surface area contributed by atoms with Gasteiger partial charge in [-0.2, -0.15) is 0 Å². The minimum atomic E-state index is -1.25. The molecule has 0 saturated carbocycles. The van der Waals surface area contributed by atoms with Gasteiger partial charge in [0.15, 0.2) is 17.4 Å². The number of hydrogen-bond donors (Lipinski definition) is 1. The molecule has 116 valence electrons. The van der Waals surface area contributed by atoms with Crippen molar-refractivity contribution in [1.82, 2.24) is 0 Å². The Morgan fingerprint density at radius 3 is 1.26 bits per heavy atom. The van der Waals surface area contributed by atoms with Crippen molar-refractivity contribution < 1.29 is 19.3 Å². The van der Waals surface area contributed by atoms with Crippen LogP contribution in [0.1, 0.15) is 59.3 Å². The summed E-state index contributed by atoms with van der Waals surface area (Å²) in [6, 6.07) is 0. The molecule has 0 heterocycles. The molecule has 0 bridgehead atoms. The Kier molecular flexibility index (Phi) is 16.8. The number of aliphatic hydroxyl groups is 1. The van der Waals surface area contributed by atoms with Crippen LogP contribution in [-0.4, -0.2) is 54.9 Å². The number of rotatable bonds is 13. The summed E-state index contributed by atoms with van der Waals surface area (Å²) < 4.78 is 16.9. The highest BCUT2D eigenvalue weighted by Crippen LogP contribution is 2.17. The third-order valence-corrected chi connectivity index (χ3v) is 2.65. The van der Waals surface area contributed by atoms with Gasteiger partial charge in [0.05, 0.1) is 19.8 Å². The van der Waals surface area contributed by atoms with E-state index >= 15 is 0 Å². The second-order valence-electron chi connectivity index (χ2n) is 4.45. The highest BCUT2D eigenvalue weighted by molar-refractivity contribution is 5.75. The van der Waals surface area contributed by atoms with Gasteiger partial charge in [-0.1, -0.05) is 40.0 Å². The monoisotopic (exact) mass is 292 g/mol. The molecule has 5 heteroatoms. The first-order valence-electron chi connectivity index (χ1n) is 7.27. The van der Waals surface area contributed by atoms with E-state index in [-0.39, 0.29) is 24.0 Å². The molecule has 0 radical (unpaired) electrons. The van der Waals surface area contributed by atoms with Crippen LogP contribution in [0.25, 0.3) is 0 Å². The number of aliphatic hydroxyl groups excluding tert-OH is 1.